The normalized spacial score (nSPS) is 23.4. The number of rotatable bonds is 2. The molecule has 0 aromatic rings. The summed E-state index contributed by atoms with van der Waals surface area (Å²) in [6, 6.07) is 0. The van der Waals surface area contributed by atoms with E-state index in [-0.39, 0.29) is 18.4 Å². The first-order valence-electron chi connectivity index (χ1n) is 6.30. The van der Waals surface area contributed by atoms with Crippen molar-refractivity contribution in [2.75, 3.05) is 6.61 Å². The van der Waals surface area contributed by atoms with Crippen LogP contribution in [0.5, 0.6) is 0 Å². The van der Waals surface area contributed by atoms with Crippen LogP contribution >= 0.6 is 0 Å². The minimum Gasteiger partial charge on any atom is -0.448 e. The molecule has 0 aromatic carbocycles. The quantitative estimate of drug-likeness (QED) is 0.826. The van der Waals surface area contributed by atoms with Crippen LogP contribution in [0.1, 0.15) is 20.3 Å². The Hall–Kier alpha value is -2.17. The van der Waals surface area contributed by atoms with Gasteiger partial charge in [0.1, 0.15) is 0 Å². The Bertz CT molecular complexity index is 527. The van der Waals surface area contributed by atoms with Crippen molar-refractivity contribution in [1.29, 1.82) is 0 Å². The van der Waals surface area contributed by atoms with Gasteiger partial charge in [-0.05, 0) is 25.5 Å². The van der Waals surface area contributed by atoms with E-state index < -0.39 is 6.09 Å². The van der Waals surface area contributed by atoms with E-state index in [4.69, 9.17) is 4.74 Å². The number of hydrogen-bond acceptors (Lipinski definition) is 3. The molecule has 0 saturated heterocycles. The zero-order valence-electron chi connectivity index (χ0n) is 11.0. The molecule has 100 valence electrons. The van der Waals surface area contributed by atoms with Crippen LogP contribution in [-0.2, 0) is 9.53 Å². The van der Waals surface area contributed by atoms with E-state index in [1.165, 1.54) is 0 Å². The van der Waals surface area contributed by atoms with Gasteiger partial charge in [0.05, 0.1) is 12.3 Å². The predicted molar refractivity (Wildman–Crippen MR) is 71.7 cm³/mol. The molecular formula is C14H16N2O3. The summed E-state index contributed by atoms with van der Waals surface area (Å²) < 4.78 is 4.76. The highest BCUT2D eigenvalue weighted by Crippen LogP contribution is 2.28. The number of fused-ring (bicyclic) bond motifs is 1. The first-order chi connectivity index (χ1) is 9.13. The number of allylic oxidation sites excluding steroid dienone is 3. The van der Waals surface area contributed by atoms with Gasteiger partial charge in [0.2, 0.25) is 5.91 Å². The molecule has 2 amide bonds. The average Bonchev–Trinajstić information content (AvgIpc) is 2.37. The summed E-state index contributed by atoms with van der Waals surface area (Å²) in [5.74, 6) is -0.0611. The molecule has 2 aliphatic rings. The van der Waals surface area contributed by atoms with Gasteiger partial charge in [0.25, 0.3) is 0 Å². The van der Waals surface area contributed by atoms with Crippen molar-refractivity contribution in [3.8, 4) is 0 Å². The molecule has 1 N–H and O–H groups in total. The minimum absolute atomic E-state index is 0.0730. The van der Waals surface area contributed by atoms with E-state index in [0.29, 0.717) is 5.71 Å². The van der Waals surface area contributed by atoms with Crippen LogP contribution in [0.3, 0.4) is 0 Å². The molecule has 0 aromatic heterocycles. The lowest BCUT2D eigenvalue weighted by molar-refractivity contribution is -0.116. The molecule has 1 aliphatic heterocycles. The second-order valence-corrected chi connectivity index (χ2v) is 4.23. The highest BCUT2D eigenvalue weighted by molar-refractivity contribution is 6.10. The zero-order valence-corrected chi connectivity index (χ0v) is 11.0. The average molecular weight is 260 g/mol. The molecule has 5 nitrogen and oxygen atoms in total. The second kappa shape index (κ2) is 5.65. The Morgan fingerprint density at radius 2 is 2.21 bits per heavy atom. The van der Waals surface area contributed by atoms with Crippen molar-refractivity contribution >= 4 is 17.7 Å². The first kappa shape index (κ1) is 13.3. The first-order valence-corrected chi connectivity index (χ1v) is 6.30. The fourth-order valence-corrected chi connectivity index (χ4v) is 2.12. The maximum Gasteiger partial charge on any atom is 0.434 e. The number of carbonyl (C=O) groups excluding carboxylic acids is 2. The van der Waals surface area contributed by atoms with Crippen LogP contribution in [0, 0.1) is 5.92 Å². The van der Waals surface area contributed by atoms with E-state index in [9.17, 15) is 9.59 Å². The molecule has 2 rings (SSSR count). The van der Waals surface area contributed by atoms with Crippen molar-refractivity contribution in [3.05, 3.63) is 35.6 Å². The third-order valence-electron chi connectivity index (χ3n) is 2.98. The maximum absolute atomic E-state index is 11.5. The van der Waals surface area contributed by atoms with Crippen LogP contribution in [-0.4, -0.2) is 24.3 Å². The van der Waals surface area contributed by atoms with E-state index in [2.05, 4.69) is 10.3 Å². The van der Waals surface area contributed by atoms with E-state index >= 15 is 0 Å². The molecule has 1 atom stereocenters. The SMILES string of the molecule is CCOC(=O)/N=C1/C=CC2C(CC)=CC(=O)NC2=C1. The number of ether oxygens (including phenoxy) is 1. The Kier molecular flexibility index (Phi) is 3.94. The van der Waals surface area contributed by atoms with Crippen molar-refractivity contribution in [2.45, 2.75) is 20.3 Å². The molecule has 0 saturated carbocycles. The number of hydrogen-bond donors (Lipinski definition) is 1. The zero-order chi connectivity index (χ0) is 13.8. The van der Waals surface area contributed by atoms with Gasteiger partial charge in [-0.2, -0.15) is 4.99 Å². The standard InChI is InChI=1S/C14H16N2O3/c1-3-9-7-13(17)16-12-8-10(5-6-11(9)12)15-14(18)19-4-2/h5-8,11H,3-4H2,1-2H3,(H,16,17)/b15-10-. The van der Waals surface area contributed by atoms with Crippen molar-refractivity contribution in [2.24, 2.45) is 10.9 Å². The topological polar surface area (TPSA) is 67.8 Å². The third kappa shape index (κ3) is 2.99. The number of nitrogens with one attached hydrogen (secondary N) is 1. The molecule has 1 unspecified atom stereocenters. The molecule has 0 fully saturated rings. The van der Waals surface area contributed by atoms with Crippen LogP contribution in [0.2, 0.25) is 0 Å². The molecule has 1 heterocycles. The lowest BCUT2D eigenvalue weighted by Crippen LogP contribution is -2.33. The molecule has 0 radical (unpaired) electrons. The summed E-state index contributed by atoms with van der Waals surface area (Å²) in [5.41, 5.74) is 2.30. The van der Waals surface area contributed by atoms with Gasteiger partial charge >= 0.3 is 6.09 Å². The maximum atomic E-state index is 11.5. The largest absolute Gasteiger partial charge is 0.448 e. The Morgan fingerprint density at radius 3 is 2.89 bits per heavy atom. The van der Waals surface area contributed by atoms with Gasteiger partial charge in [0.15, 0.2) is 0 Å². The highest BCUT2D eigenvalue weighted by atomic mass is 16.5. The van der Waals surface area contributed by atoms with Gasteiger partial charge in [-0.15, -0.1) is 0 Å². The number of amides is 2. The van der Waals surface area contributed by atoms with E-state index in [1.54, 1.807) is 25.2 Å². The van der Waals surface area contributed by atoms with Crippen LogP contribution in [0.25, 0.3) is 0 Å². The van der Waals surface area contributed by atoms with Crippen molar-refractivity contribution < 1.29 is 14.3 Å². The van der Waals surface area contributed by atoms with Crippen molar-refractivity contribution in [3.63, 3.8) is 0 Å². The summed E-state index contributed by atoms with van der Waals surface area (Å²) in [7, 11) is 0. The molecule has 0 spiro atoms. The van der Waals surface area contributed by atoms with Gasteiger partial charge < -0.3 is 10.1 Å². The highest BCUT2D eigenvalue weighted by Gasteiger charge is 2.25. The molecule has 5 heteroatoms. The van der Waals surface area contributed by atoms with Crippen LogP contribution in [0.4, 0.5) is 4.79 Å². The Morgan fingerprint density at radius 1 is 1.42 bits per heavy atom. The molecular weight excluding hydrogens is 244 g/mol. The molecule has 0 bridgehead atoms. The molecule has 19 heavy (non-hydrogen) atoms. The summed E-state index contributed by atoms with van der Waals surface area (Å²) in [5, 5.41) is 2.78. The summed E-state index contributed by atoms with van der Waals surface area (Å²) in [6.45, 7) is 4.03. The van der Waals surface area contributed by atoms with E-state index in [1.807, 2.05) is 13.0 Å². The Labute approximate surface area is 111 Å². The predicted octanol–water partition coefficient (Wildman–Crippen LogP) is 2.12. The summed E-state index contributed by atoms with van der Waals surface area (Å²) in [4.78, 5) is 26.6. The van der Waals surface area contributed by atoms with Gasteiger partial charge in [-0.3, -0.25) is 4.79 Å². The van der Waals surface area contributed by atoms with Gasteiger partial charge in [0, 0.05) is 17.7 Å². The number of aliphatic imine (C=N–C) groups is 1. The fraction of sp³-hybridized carbons (Fsp3) is 0.357. The van der Waals surface area contributed by atoms with Crippen molar-refractivity contribution in [1.82, 2.24) is 5.32 Å². The fourth-order valence-electron chi connectivity index (χ4n) is 2.12. The lowest BCUT2D eigenvalue weighted by atomic mass is 9.86. The monoisotopic (exact) mass is 260 g/mol. The van der Waals surface area contributed by atoms with Gasteiger partial charge in [-0.25, -0.2) is 4.79 Å². The smallest absolute Gasteiger partial charge is 0.434 e. The summed E-state index contributed by atoms with van der Waals surface area (Å²) >= 11 is 0. The van der Waals surface area contributed by atoms with Gasteiger partial charge in [-0.1, -0.05) is 18.6 Å². The number of carbonyl (C=O) groups is 2. The third-order valence-corrected chi connectivity index (χ3v) is 2.98. The summed E-state index contributed by atoms with van der Waals surface area (Å²) in [6.07, 6.45) is 7.23. The molecule has 1 aliphatic carbocycles. The number of nitrogens with zero attached hydrogens (tertiary/aromatic N) is 1. The lowest BCUT2D eigenvalue weighted by Gasteiger charge is -2.26. The second-order valence-electron chi connectivity index (χ2n) is 4.23. The van der Waals surface area contributed by atoms with Crippen LogP contribution < -0.4 is 5.32 Å². The minimum atomic E-state index is -0.620. The Balaban J connectivity index is 2.24. The van der Waals surface area contributed by atoms with Crippen LogP contribution in [0.15, 0.2) is 40.6 Å². The van der Waals surface area contributed by atoms with E-state index in [0.717, 1.165) is 17.7 Å².